The van der Waals surface area contributed by atoms with Crippen LogP contribution in [0.15, 0.2) is 0 Å². The summed E-state index contributed by atoms with van der Waals surface area (Å²) < 4.78 is 0. The molecule has 0 aromatic carbocycles. The van der Waals surface area contributed by atoms with Crippen LogP contribution in [0.5, 0.6) is 0 Å². The Morgan fingerprint density at radius 2 is 2.00 bits per heavy atom. The minimum atomic E-state index is 0.0775. The Hall–Kier alpha value is -0.0800. The van der Waals surface area contributed by atoms with E-state index in [0.717, 1.165) is 6.42 Å². The van der Waals surface area contributed by atoms with Gasteiger partial charge in [-0.2, -0.15) is 0 Å². The van der Waals surface area contributed by atoms with Crippen molar-refractivity contribution in [3.05, 3.63) is 0 Å². The van der Waals surface area contributed by atoms with Gasteiger partial charge in [0.05, 0.1) is 6.10 Å². The van der Waals surface area contributed by atoms with Crippen LogP contribution in [0.25, 0.3) is 0 Å². The first-order valence-electron chi connectivity index (χ1n) is 4.95. The molecule has 0 heterocycles. The van der Waals surface area contributed by atoms with Gasteiger partial charge in [0.1, 0.15) is 0 Å². The van der Waals surface area contributed by atoms with Gasteiger partial charge in [0.2, 0.25) is 0 Å². The lowest BCUT2D eigenvalue weighted by Crippen LogP contribution is -2.33. The van der Waals surface area contributed by atoms with E-state index in [-0.39, 0.29) is 6.10 Å². The molecule has 0 aliphatic heterocycles. The lowest BCUT2D eigenvalue weighted by Gasteiger charge is -2.34. The van der Waals surface area contributed by atoms with E-state index in [9.17, 15) is 0 Å². The first-order chi connectivity index (χ1) is 5.65. The van der Waals surface area contributed by atoms with E-state index in [1.807, 2.05) is 0 Å². The van der Waals surface area contributed by atoms with E-state index >= 15 is 0 Å². The van der Waals surface area contributed by atoms with Gasteiger partial charge >= 0.3 is 0 Å². The van der Waals surface area contributed by atoms with Crippen LogP contribution in [0.1, 0.15) is 40.0 Å². The predicted molar refractivity (Wildman–Crippen MR) is 48.8 cm³/mol. The summed E-state index contributed by atoms with van der Waals surface area (Å²) in [6.45, 7) is 6.63. The molecule has 0 aromatic heterocycles. The Morgan fingerprint density at radius 3 is 2.50 bits per heavy atom. The van der Waals surface area contributed by atoms with Gasteiger partial charge in [0.25, 0.3) is 0 Å². The van der Waals surface area contributed by atoms with E-state index in [2.05, 4.69) is 25.7 Å². The normalized spacial score (nSPS) is 37.2. The van der Waals surface area contributed by atoms with Crippen molar-refractivity contribution >= 4 is 0 Å². The predicted octanol–water partition coefficient (Wildman–Crippen LogP) is 2.94. The van der Waals surface area contributed by atoms with Crippen molar-refractivity contribution in [2.75, 3.05) is 0 Å². The molecule has 1 N–H and O–H groups in total. The summed E-state index contributed by atoms with van der Waals surface area (Å²) in [5.41, 5.74) is 0. The fourth-order valence-electron chi connectivity index (χ4n) is 2.24. The molecule has 1 fully saturated rings. The summed E-state index contributed by atoms with van der Waals surface area (Å²) >= 11 is 0. The van der Waals surface area contributed by atoms with E-state index in [1.165, 1.54) is 12.8 Å². The van der Waals surface area contributed by atoms with Gasteiger partial charge in [0.15, 0.2) is 0 Å². The van der Waals surface area contributed by atoms with Crippen molar-refractivity contribution in [3.63, 3.8) is 0 Å². The van der Waals surface area contributed by atoms with Gasteiger partial charge in [-0.3, -0.25) is 5.26 Å². The Balaban J connectivity index is 2.50. The van der Waals surface area contributed by atoms with Crippen LogP contribution < -0.4 is 0 Å². The van der Waals surface area contributed by atoms with Gasteiger partial charge in [0, 0.05) is 0 Å². The molecule has 12 heavy (non-hydrogen) atoms. The SMILES string of the molecule is CC(C)[C@H]1CC[C@@H](C)C[C@@H]1OO. The van der Waals surface area contributed by atoms with Crippen molar-refractivity contribution in [2.45, 2.75) is 46.1 Å². The van der Waals surface area contributed by atoms with Gasteiger partial charge in [-0.1, -0.05) is 27.2 Å². The highest BCUT2D eigenvalue weighted by atomic mass is 17.1. The van der Waals surface area contributed by atoms with Crippen molar-refractivity contribution < 1.29 is 10.1 Å². The number of hydrogen-bond donors (Lipinski definition) is 1. The molecule has 1 saturated carbocycles. The molecule has 2 nitrogen and oxygen atoms in total. The van der Waals surface area contributed by atoms with Crippen LogP contribution >= 0.6 is 0 Å². The lowest BCUT2D eigenvalue weighted by atomic mass is 9.75. The second-order valence-electron chi connectivity index (χ2n) is 4.47. The third-order valence-electron chi connectivity index (χ3n) is 3.10. The summed E-state index contributed by atoms with van der Waals surface area (Å²) in [5.74, 6) is 1.87. The first kappa shape index (κ1) is 10.0. The Kier molecular flexibility index (Phi) is 3.53. The maximum absolute atomic E-state index is 8.73. The maximum Gasteiger partial charge on any atom is 0.0960 e. The summed E-state index contributed by atoms with van der Waals surface area (Å²) in [6.07, 6.45) is 3.57. The molecule has 72 valence electrons. The number of rotatable bonds is 2. The highest BCUT2D eigenvalue weighted by Gasteiger charge is 2.31. The van der Waals surface area contributed by atoms with Crippen LogP contribution in [0, 0.1) is 17.8 Å². The Bertz CT molecular complexity index is 134. The summed E-state index contributed by atoms with van der Waals surface area (Å²) in [6, 6.07) is 0. The first-order valence-corrected chi connectivity index (χ1v) is 4.95. The van der Waals surface area contributed by atoms with Gasteiger partial charge in [-0.25, -0.2) is 4.89 Å². The van der Waals surface area contributed by atoms with E-state index in [4.69, 9.17) is 5.26 Å². The van der Waals surface area contributed by atoms with E-state index in [0.29, 0.717) is 17.8 Å². The Labute approximate surface area is 74.9 Å². The lowest BCUT2D eigenvalue weighted by molar-refractivity contribution is -0.301. The van der Waals surface area contributed by atoms with Crippen LogP contribution in [-0.2, 0) is 4.89 Å². The molecule has 1 aliphatic carbocycles. The largest absolute Gasteiger partial charge is 0.252 e. The summed E-state index contributed by atoms with van der Waals surface area (Å²) in [4.78, 5) is 4.54. The zero-order chi connectivity index (χ0) is 9.14. The zero-order valence-electron chi connectivity index (χ0n) is 8.29. The standard InChI is InChI=1S/C10H20O2/c1-7(2)9-5-4-8(3)6-10(9)12-11/h7-11H,4-6H2,1-3H3/t8-,9-,10+/m1/s1. The summed E-state index contributed by atoms with van der Waals surface area (Å²) in [5, 5.41) is 8.73. The molecule has 0 unspecified atom stereocenters. The second kappa shape index (κ2) is 4.24. The van der Waals surface area contributed by atoms with Crippen molar-refractivity contribution in [3.8, 4) is 0 Å². The molecule has 1 rings (SSSR count). The molecule has 0 spiro atoms. The van der Waals surface area contributed by atoms with Crippen LogP contribution in [0.3, 0.4) is 0 Å². The Morgan fingerprint density at radius 1 is 1.33 bits per heavy atom. The van der Waals surface area contributed by atoms with Crippen molar-refractivity contribution in [1.82, 2.24) is 0 Å². The minimum Gasteiger partial charge on any atom is -0.252 e. The fraction of sp³-hybridized carbons (Fsp3) is 1.00. The smallest absolute Gasteiger partial charge is 0.0960 e. The van der Waals surface area contributed by atoms with Crippen LogP contribution in [-0.4, -0.2) is 11.4 Å². The van der Waals surface area contributed by atoms with Gasteiger partial charge in [-0.15, -0.1) is 0 Å². The molecule has 0 saturated heterocycles. The molecule has 0 bridgehead atoms. The molecular formula is C10H20O2. The topological polar surface area (TPSA) is 29.5 Å². The summed E-state index contributed by atoms with van der Waals surface area (Å²) in [7, 11) is 0. The highest BCUT2D eigenvalue weighted by molar-refractivity contribution is 4.80. The maximum atomic E-state index is 8.73. The molecule has 0 amide bonds. The molecule has 0 aromatic rings. The molecule has 2 heteroatoms. The number of hydrogen-bond acceptors (Lipinski definition) is 2. The average molecular weight is 172 g/mol. The monoisotopic (exact) mass is 172 g/mol. The van der Waals surface area contributed by atoms with E-state index < -0.39 is 0 Å². The highest BCUT2D eigenvalue weighted by Crippen LogP contribution is 2.34. The minimum absolute atomic E-state index is 0.0775. The average Bonchev–Trinajstić information content (AvgIpc) is 2.03. The van der Waals surface area contributed by atoms with Crippen molar-refractivity contribution in [2.24, 2.45) is 17.8 Å². The van der Waals surface area contributed by atoms with E-state index in [1.54, 1.807) is 0 Å². The van der Waals surface area contributed by atoms with Crippen LogP contribution in [0.4, 0.5) is 0 Å². The third-order valence-corrected chi connectivity index (χ3v) is 3.10. The molecule has 3 atom stereocenters. The quantitative estimate of drug-likeness (QED) is 0.512. The third kappa shape index (κ3) is 2.20. The van der Waals surface area contributed by atoms with Gasteiger partial charge in [-0.05, 0) is 30.6 Å². The second-order valence-corrected chi connectivity index (χ2v) is 4.47. The molecular weight excluding hydrogens is 152 g/mol. The van der Waals surface area contributed by atoms with Gasteiger partial charge < -0.3 is 0 Å². The molecule has 1 aliphatic rings. The van der Waals surface area contributed by atoms with Crippen LogP contribution in [0.2, 0.25) is 0 Å². The fourth-order valence-corrected chi connectivity index (χ4v) is 2.24. The zero-order valence-corrected chi connectivity index (χ0v) is 8.29. The molecule has 0 radical (unpaired) electrons. The van der Waals surface area contributed by atoms with Crippen molar-refractivity contribution in [1.29, 1.82) is 0 Å².